The monoisotopic (exact) mass is 350 g/mol. The number of amides is 2. The fourth-order valence-corrected chi connectivity index (χ4v) is 3.71. The molecule has 0 saturated carbocycles. The number of esters is 1. The van der Waals surface area contributed by atoms with Crippen LogP contribution in [0.3, 0.4) is 0 Å². The summed E-state index contributed by atoms with van der Waals surface area (Å²) in [6.45, 7) is 9.82. The number of carbonyl (C=O) groups excluding carboxylic acids is 3. The Morgan fingerprint density at radius 3 is 2.40 bits per heavy atom. The summed E-state index contributed by atoms with van der Waals surface area (Å²) < 4.78 is 5.22. The van der Waals surface area contributed by atoms with Crippen molar-refractivity contribution >= 4 is 17.8 Å². The van der Waals surface area contributed by atoms with E-state index >= 15 is 0 Å². The number of carbonyl (C=O) groups is 3. The highest BCUT2D eigenvalue weighted by molar-refractivity contribution is 5.87. The maximum Gasteiger partial charge on any atom is 0.306 e. The SMILES string of the molecule is C=CC(=O)N1CCC(C(=O)N2CCCC(CC(=O)OC(C)C)C2)CC1. The Kier molecular flexibility index (Phi) is 7.02. The van der Waals surface area contributed by atoms with Crippen LogP contribution >= 0.6 is 0 Å². The number of ether oxygens (including phenoxy) is 1. The van der Waals surface area contributed by atoms with Gasteiger partial charge in [0.15, 0.2) is 0 Å². The Balaban J connectivity index is 1.82. The molecule has 0 aromatic rings. The molecule has 0 aromatic carbocycles. The fraction of sp³-hybridized carbons (Fsp3) is 0.737. The molecule has 0 aliphatic carbocycles. The molecule has 2 rings (SSSR count). The van der Waals surface area contributed by atoms with E-state index in [1.807, 2.05) is 18.7 Å². The third-order valence-electron chi connectivity index (χ3n) is 4.98. The molecule has 2 heterocycles. The zero-order valence-corrected chi connectivity index (χ0v) is 15.4. The van der Waals surface area contributed by atoms with Gasteiger partial charge in [0.25, 0.3) is 0 Å². The van der Waals surface area contributed by atoms with Gasteiger partial charge in [-0.15, -0.1) is 0 Å². The third kappa shape index (κ3) is 5.58. The second kappa shape index (κ2) is 9.02. The minimum absolute atomic E-state index is 0.0183. The third-order valence-corrected chi connectivity index (χ3v) is 4.98. The minimum Gasteiger partial charge on any atom is -0.463 e. The van der Waals surface area contributed by atoms with Gasteiger partial charge in [-0.25, -0.2) is 0 Å². The van der Waals surface area contributed by atoms with Gasteiger partial charge in [-0.2, -0.15) is 0 Å². The molecule has 0 radical (unpaired) electrons. The number of likely N-dealkylation sites (tertiary alicyclic amines) is 2. The largest absolute Gasteiger partial charge is 0.463 e. The summed E-state index contributed by atoms with van der Waals surface area (Å²) in [5.74, 6) is 0.104. The summed E-state index contributed by atoms with van der Waals surface area (Å²) in [5, 5.41) is 0. The average molecular weight is 350 g/mol. The van der Waals surface area contributed by atoms with Crippen molar-refractivity contribution < 1.29 is 19.1 Å². The molecule has 2 amide bonds. The van der Waals surface area contributed by atoms with Crippen molar-refractivity contribution in [1.82, 2.24) is 9.80 Å². The Morgan fingerprint density at radius 2 is 1.80 bits per heavy atom. The zero-order valence-electron chi connectivity index (χ0n) is 15.4. The Hall–Kier alpha value is -1.85. The molecular formula is C19H30N2O4. The molecule has 2 aliphatic rings. The average Bonchev–Trinajstić information content (AvgIpc) is 2.60. The van der Waals surface area contributed by atoms with Crippen molar-refractivity contribution in [1.29, 1.82) is 0 Å². The van der Waals surface area contributed by atoms with E-state index in [0.29, 0.717) is 38.9 Å². The first-order chi connectivity index (χ1) is 11.9. The van der Waals surface area contributed by atoms with Gasteiger partial charge in [-0.1, -0.05) is 6.58 Å². The van der Waals surface area contributed by atoms with Gasteiger partial charge in [0.1, 0.15) is 0 Å². The van der Waals surface area contributed by atoms with Gasteiger partial charge in [0.05, 0.1) is 12.5 Å². The number of hydrogen-bond acceptors (Lipinski definition) is 4. The Bertz CT molecular complexity index is 510. The van der Waals surface area contributed by atoms with Crippen molar-refractivity contribution in [3.05, 3.63) is 12.7 Å². The molecule has 0 spiro atoms. The first-order valence-electron chi connectivity index (χ1n) is 9.30. The topological polar surface area (TPSA) is 66.9 Å². The first-order valence-corrected chi connectivity index (χ1v) is 9.30. The lowest BCUT2D eigenvalue weighted by molar-refractivity contribution is -0.150. The highest BCUT2D eigenvalue weighted by Crippen LogP contribution is 2.25. The van der Waals surface area contributed by atoms with E-state index in [9.17, 15) is 14.4 Å². The predicted molar refractivity (Wildman–Crippen MR) is 94.7 cm³/mol. The smallest absolute Gasteiger partial charge is 0.306 e. The number of piperidine rings is 2. The summed E-state index contributed by atoms with van der Waals surface area (Å²) in [6.07, 6.45) is 4.91. The van der Waals surface area contributed by atoms with E-state index in [0.717, 1.165) is 19.4 Å². The first kappa shape index (κ1) is 19.5. The van der Waals surface area contributed by atoms with Gasteiger partial charge in [0.2, 0.25) is 11.8 Å². The minimum atomic E-state index is -0.175. The van der Waals surface area contributed by atoms with Crippen LogP contribution in [0.1, 0.15) is 46.0 Å². The lowest BCUT2D eigenvalue weighted by atomic mass is 9.91. The molecular weight excluding hydrogens is 320 g/mol. The second-order valence-electron chi connectivity index (χ2n) is 7.34. The molecule has 140 valence electrons. The Morgan fingerprint density at radius 1 is 1.12 bits per heavy atom. The lowest BCUT2D eigenvalue weighted by Gasteiger charge is -2.37. The van der Waals surface area contributed by atoms with Crippen LogP contribution in [0, 0.1) is 11.8 Å². The highest BCUT2D eigenvalue weighted by atomic mass is 16.5. The second-order valence-corrected chi connectivity index (χ2v) is 7.34. The van der Waals surface area contributed by atoms with Gasteiger partial charge in [0, 0.05) is 32.1 Å². The maximum absolute atomic E-state index is 12.8. The molecule has 1 atom stereocenters. The summed E-state index contributed by atoms with van der Waals surface area (Å²) in [7, 11) is 0. The van der Waals surface area contributed by atoms with Crippen LogP contribution in [-0.4, -0.2) is 59.9 Å². The van der Waals surface area contributed by atoms with Crippen LogP contribution in [0.25, 0.3) is 0 Å². The van der Waals surface area contributed by atoms with E-state index < -0.39 is 0 Å². The molecule has 2 saturated heterocycles. The molecule has 6 heteroatoms. The van der Waals surface area contributed by atoms with Gasteiger partial charge < -0.3 is 14.5 Å². The highest BCUT2D eigenvalue weighted by Gasteiger charge is 2.32. The summed E-state index contributed by atoms with van der Waals surface area (Å²) in [6, 6.07) is 0. The molecule has 0 N–H and O–H groups in total. The molecule has 25 heavy (non-hydrogen) atoms. The van der Waals surface area contributed by atoms with E-state index in [-0.39, 0.29) is 35.7 Å². The van der Waals surface area contributed by atoms with E-state index in [2.05, 4.69) is 6.58 Å². The normalized spacial score (nSPS) is 22.0. The van der Waals surface area contributed by atoms with Gasteiger partial charge in [-0.05, 0) is 51.5 Å². The lowest BCUT2D eigenvalue weighted by Crippen LogP contribution is -2.47. The number of rotatable bonds is 5. The standard InChI is InChI=1S/C19H30N2O4/c1-4-17(22)20-10-7-16(8-11-20)19(24)21-9-5-6-15(13-21)12-18(23)25-14(2)3/h4,14-16H,1,5-13H2,2-3H3. The summed E-state index contributed by atoms with van der Waals surface area (Å²) in [5.41, 5.74) is 0. The molecule has 2 fully saturated rings. The van der Waals surface area contributed by atoms with Crippen LogP contribution in [0.2, 0.25) is 0 Å². The van der Waals surface area contributed by atoms with Crippen molar-refractivity contribution in [2.75, 3.05) is 26.2 Å². The quantitative estimate of drug-likeness (QED) is 0.562. The zero-order chi connectivity index (χ0) is 18.4. The summed E-state index contributed by atoms with van der Waals surface area (Å²) in [4.78, 5) is 39.9. The van der Waals surface area contributed by atoms with E-state index in [1.165, 1.54) is 6.08 Å². The van der Waals surface area contributed by atoms with Crippen LogP contribution in [0.15, 0.2) is 12.7 Å². The van der Waals surface area contributed by atoms with E-state index in [1.54, 1.807) is 4.90 Å². The molecule has 2 aliphatic heterocycles. The molecule has 6 nitrogen and oxygen atoms in total. The van der Waals surface area contributed by atoms with Crippen LogP contribution in [0.4, 0.5) is 0 Å². The molecule has 0 bridgehead atoms. The number of nitrogens with zero attached hydrogens (tertiary/aromatic N) is 2. The van der Waals surface area contributed by atoms with Crippen molar-refractivity contribution in [3.63, 3.8) is 0 Å². The summed E-state index contributed by atoms with van der Waals surface area (Å²) >= 11 is 0. The maximum atomic E-state index is 12.8. The van der Waals surface area contributed by atoms with E-state index in [4.69, 9.17) is 4.74 Å². The van der Waals surface area contributed by atoms with Crippen molar-refractivity contribution in [2.45, 2.75) is 52.1 Å². The van der Waals surface area contributed by atoms with Crippen LogP contribution in [0.5, 0.6) is 0 Å². The number of hydrogen-bond donors (Lipinski definition) is 0. The van der Waals surface area contributed by atoms with Crippen molar-refractivity contribution in [3.8, 4) is 0 Å². The fourth-order valence-electron chi connectivity index (χ4n) is 3.71. The predicted octanol–water partition coefficient (Wildman–Crippen LogP) is 1.99. The van der Waals surface area contributed by atoms with Crippen LogP contribution in [-0.2, 0) is 19.1 Å². The molecule has 1 unspecified atom stereocenters. The molecule has 0 aromatic heterocycles. The van der Waals surface area contributed by atoms with Crippen molar-refractivity contribution in [2.24, 2.45) is 11.8 Å². The van der Waals surface area contributed by atoms with Crippen LogP contribution < -0.4 is 0 Å². The van der Waals surface area contributed by atoms with Gasteiger partial charge in [-0.3, -0.25) is 14.4 Å². The Labute approximate surface area is 150 Å². The van der Waals surface area contributed by atoms with Gasteiger partial charge >= 0.3 is 5.97 Å².